The third-order valence-corrected chi connectivity index (χ3v) is 3.45. The van der Waals surface area contributed by atoms with Gasteiger partial charge in [-0.15, -0.1) is 0 Å². The van der Waals surface area contributed by atoms with Crippen LogP contribution in [0.4, 0.5) is 0 Å². The second-order valence-electron chi connectivity index (χ2n) is 3.97. The van der Waals surface area contributed by atoms with Gasteiger partial charge in [0.15, 0.2) is 0 Å². The lowest BCUT2D eigenvalue weighted by Gasteiger charge is -2.16. The molecule has 4 nitrogen and oxygen atoms in total. The van der Waals surface area contributed by atoms with E-state index in [0.29, 0.717) is 0 Å². The van der Waals surface area contributed by atoms with Crippen LogP contribution in [0.1, 0.15) is 11.6 Å². The summed E-state index contributed by atoms with van der Waals surface area (Å²) in [6.45, 7) is -0.189. The van der Waals surface area contributed by atoms with E-state index in [1.165, 1.54) is 0 Å². The second kappa shape index (κ2) is 4.81. The van der Waals surface area contributed by atoms with Crippen LogP contribution in [-0.4, -0.2) is 40.2 Å². The van der Waals surface area contributed by atoms with Crippen LogP contribution in [0.15, 0.2) is 28.7 Å². The summed E-state index contributed by atoms with van der Waals surface area (Å²) in [5.41, 5.74) is 0.894. The van der Waals surface area contributed by atoms with Crippen LogP contribution in [0, 0.1) is 0 Å². The molecular formula is C11H14BrNO3. The minimum absolute atomic E-state index is 0.189. The summed E-state index contributed by atoms with van der Waals surface area (Å²) in [4.78, 5) is 0. The number of hydrogen-bond donors (Lipinski definition) is 4. The van der Waals surface area contributed by atoms with Crippen molar-refractivity contribution in [1.82, 2.24) is 5.32 Å². The third kappa shape index (κ3) is 2.14. The molecule has 0 spiro atoms. The van der Waals surface area contributed by atoms with E-state index in [2.05, 4.69) is 21.2 Å². The molecule has 4 atom stereocenters. The summed E-state index contributed by atoms with van der Waals surface area (Å²) >= 11 is 3.33. The number of aliphatic hydroxyl groups excluding tert-OH is 3. The lowest BCUT2D eigenvalue weighted by Crippen LogP contribution is -2.35. The molecule has 5 heteroatoms. The summed E-state index contributed by atoms with van der Waals surface area (Å²) in [7, 11) is 0. The summed E-state index contributed by atoms with van der Waals surface area (Å²) in [5, 5.41) is 31.5. The smallest absolute Gasteiger partial charge is 0.101 e. The molecule has 1 heterocycles. The molecule has 0 aliphatic carbocycles. The van der Waals surface area contributed by atoms with Gasteiger partial charge in [0.1, 0.15) is 6.10 Å². The first-order chi connectivity index (χ1) is 7.63. The molecule has 0 bridgehead atoms. The molecule has 4 N–H and O–H groups in total. The Hall–Kier alpha value is -0.460. The van der Waals surface area contributed by atoms with Crippen molar-refractivity contribution in [2.45, 2.75) is 24.3 Å². The first-order valence-corrected chi connectivity index (χ1v) is 5.91. The van der Waals surface area contributed by atoms with E-state index in [4.69, 9.17) is 5.11 Å². The minimum Gasteiger partial charge on any atom is -0.395 e. The Morgan fingerprint density at radius 2 is 1.75 bits per heavy atom. The van der Waals surface area contributed by atoms with Crippen molar-refractivity contribution >= 4 is 15.9 Å². The molecule has 2 rings (SSSR count). The molecule has 88 valence electrons. The van der Waals surface area contributed by atoms with Crippen LogP contribution in [0.25, 0.3) is 0 Å². The molecule has 1 aromatic rings. The van der Waals surface area contributed by atoms with Crippen molar-refractivity contribution < 1.29 is 15.3 Å². The fourth-order valence-electron chi connectivity index (χ4n) is 1.99. The number of benzene rings is 1. The van der Waals surface area contributed by atoms with Crippen molar-refractivity contribution in [1.29, 1.82) is 0 Å². The van der Waals surface area contributed by atoms with Crippen LogP contribution >= 0.6 is 15.9 Å². The maximum atomic E-state index is 9.85. The fraction of sp³-hybridized carbons (Fsp3) is 0.455. The molecule has 1 fully saturated rings. The molecule has 0 aromatic heterocycles. The van der Waals surface area contributed by atoms with Crippen molar-refractivity contribution in [3.8, 4) is 0 Å². The van der Waals surface area contributed by atoms with Gasteiger partial charge >= 0.3 is 0 Å². The maximum Gasteiger partial charge on any atom is 0.101 e. The normalized spacial score (nSPS) is 34.2. The monoisotopic (exact) mass is 287 g/mol. The molecule has 0 amide bonds. The van der Waals surface area contributed by atoms with Crippen LogP contribution < -0.4 is 5.32 Å². The molecule has 0 saturated carbocycles. The summed E-state index contributed by atoms with van der Waals surface area (Å²) in [6, 6.07) is 6.70. The van der Waals surface area contributed by atoms with Crippen LogP contribution in [0.5, 0.6) is 0 Å². The zero-order chi connectivity index (χ0) is 11.7. The lowest BCUT2D eigenvalue weighted by atomic mass is 10.0. The van der Waals surface area contributed by atoms with Gasteiger partial charge in [-0.2, -0.15) is 0 Å². The highest BCUT2D eigenvalue weighted by Crippen LogP contribution is 2.28. The Morgan fingerprint density at radius 1 is 1.12 bits per heavy atom. The Labute approximate surface area is 102 Å². The van der Waals surface area contributed by atoms with Gasteiger partial charge in [0.25, 0.3) is 0 Å². The topological polar surface area (TPSA) is 72.7 Å². The second-order valence-corrected chi connectivity index (χ2v) is 4.88. The van der Waals surface area contributed by atoms with Crippen molar-refractivity contribution in [2.75, 3.05) is 6.61 Å². The molecule has 16 heavy (non-hydrogen) atoms. The Kier molecular flexibility index (Phi) is 3.61. The van der Waals surface area contributed by atoms with Crippen LogP contribution in [0.2, 0.25) is 0 Å². The van der Waals surface area contributed by atoms with Gasteiger partial charge in [-0.25, -0.2) is 0 Å². The molecule has 1 aromatic carbocycles. The maximum absolute atomic E-state index is 9.85. The van der Waals surface area contributed by atoms with E-state index >= 15 is 0 Å². The molecule has 1 aliphatic heterocycles. The molecule has 0 radical (unpaired) electrons. The average molecular weight is 288 g/mol. The van der Waals surface area contributed by atoms with E-state index in [0.717, 1.165) is 10.0 Å². The Morgan fingerprint density at radius 3 is 2.25 bits per heavy atom. The quantitative estimate of drug-likeness (QED) is 0.626. The summed E-state index contributed by atoms with van der Waals surface area (Å²) in [6.07, 6.45) is -1.82. The first-order valence-electron chi connectivity index (χ1n) is 5.12. The van der Waals surface area contributed by atoms with Crippen LogP contribution in [0.3, 0.4) is 0 Å². The number of hydrogen-bond acceptors (Lipinski definition) is 4. The highest BCUT2D eigenvalue weighted by Gasteiger charge is 2.41. The van der Waals surface area contributed by atoms with Crippen molar-refractivity contribution in [2.24, 2.45) is 0 Å². The van der Waals surface area contributed by atoms with Gasteiger partial charge < -0.3 is 20.6 Å². The summed E-state index contributed by atoms with van der Waals surface area (Å²) < 4.78 is 0.961. The van der Waals surface area contributed by atoms with Gasteiger partial charge in [-0.3, -0.25) is 0 Å². The summed E-state index contributed by atoms with van der Waals surface area (Å²) in [5.74, 6) is 0. The van der Waals surface area contributed by atoms with E-state index in [9.17, 15) is 10.2 Å². The van der Waals surface area contributed by atoms with Crippen molar-refractivity contribution in [3.63, 3.8) is 0 Å². The SMILES string of the molecule is OCC1NC(c2ccc(Br)cc2)C(O)C1O. The predicted molar refractivity (Wildman–Crippen MR) is 62.9 cm³/mol. The highest BCUT2D eigenvalue weighted by atomic mass is 79.9. The minimum atomic E-state index is -0.932. The van der Waals surface area contributed by atoms with Gasteiger partial charge in [-0.1, -0.05) is 28.1 Å². The largest absolute Gasteiger partial charge is 0.395 e. The lowest BCUT2D eigenvalue weighted by molar-refractivity contribution is 0.0194. The van der Waals surface area contributed by atoms with Gasteiger partial charge in [-0.05, 0) is 17.7 Å². The van der Waals surface area contributed by atoms with E-state index in [1.807, 2.05) is 24.3 Å². The van der Waals surface area contributed by atoms with Gasteiger partial charge in [0, 0.05) is 4.47 Å². The van der Waals surface area contributed by atoms with Crippen molar-refractivity contribution in [3.05, 3.63) is 34.3 Å². The number of nitrogens with one attached hydrogen (secondary N) is 1. The fourth-order valence-corrected chi connectivity index (χ4v) is 2.25. The Balaban J connectivity index is 2.19. The zero-order valence-corrected chi connectivity index (χ0v) is 10.1. The molecule has 1 saturated heterocycles. The third-order valence-electron chi connectivity index (χ3n) is 2.92. The van der Waals surface area contributed by atoms with Crippen LogP contribution in [-0.2, 0) is 0 Å². The Bertz CT molecular complexity index is 357. The predicted octanol–water partition coefficient (Wildman–Crippen LogP) is 0.176. The van der Waals surface area contributed by atoms with Gasteiger partial charge in [0.05, 0.1) is 24.8 Å². The van der Waals surface area contributed by atoms with E-state index in [1.54, 1.807) is 0 Å². The molecule has 1 aliphatic rings. The first kappa shape index (κ1) is 12.0. The highest BCUT2D eigenvalue weighted by molar-refractivity contribution is 9.10. The van der Waals surface area contributed by atoms with E-state index < -0.39 is 18.2 Å². The average Bonchev–Trinajstić information content (AvgIpc) is 2.57. The van der Waals surface area contributed by atoms with Gasteiger partial charge in [0.2, 0.25) is 0 Å². The number of rotatable bonds is 2. The molecular weight excluding hydrogens is 274 g/mol. The molecule has 4 unspecified atom stereocenters. The number of aliphatic hydroxyl groups is 3. The zero-order valence-electron chi connectivity index (χ0n) is 8.55. The van der Waals surface area contributed by atoms with E-state index in [-0.39, 0.29) is 12.6 Å². The number of halogens is 1. The standard InChI is InChI=1S/C11H14BrNO3/c12-7-3-1-6(2-4-7)9-11(16)10(15)8(5-14)13-9/h1-4,8-11,13-16H,5H2.